The van der Waals surface area contributed by atoms with E-state index in [1.165, 1.54) is 12.1 Å². The average molecular weight is 359 g/mol. The highest BCUT2D eigenvalue weighted by atomic mass is 32.2. The molecule has 0 unspecified atom stereocenters. The zero-order chi connectivity index (χ0) is 18.4. The zero-order valence-corrected chi connectivity index (χ0v) is 14.3. The van der Waals surface area contributed by atoms with Gasteiger partial charge in [-0.2, -0.15) is 0 Å². The standard InChI is InChI=1S/C17H17N3O4S/c1-2-11-3-6-13(7-4-11)19-16(21)10-25-15-8-5-12(17(18)22)9-14(15)20(23)24/h3-9H,2,10H2,1H3,(H2,18,22)(H,19,21). The first-order chi connectivity index (χ1) is 11.9. The van der Waals surface area contributed by atoms with Crippen LogP contribution >= 0.6 is 11.8 Å². The van der Waals surface area contributed by atoms with Gasteiger partial charge in [-0.3, -0.25) is 19.7 Å². The Balaban J connectivity index is 2.03. The summed E-state index contributed by atoms with van der Waals surface area (Å²) in [4.78, 5) is 34.0. The quantitative estimate of drug-likeness (QED) is 0.448. The predicted octanol–water partition coefficient (Wildman–Crippen LogP) is 2.99. The Hall–Kier alpha value is -2.87. The molecule has 0 aliphatic rings. The zero-order valence-electron chi connectivity index (χ0n) is 13.5. The number of aryl methyl sites for hydroxylation is 1. The molecule has 0 heterocycles. The molecular weight excluding hydrogens is 342 g/mol. The Morgan fingerprint density at radius 1 is 1.20 bits per heavy atom. The third-order valence-corrected chi connectivity index (χ3v) is 4.51. The van der Waals surface area contributed by atoms with E-state index in [9.17, 15) is 19.7 Å². The first kappa shape index (κ1) is 18.5. The van der Waals surface area contributed by atoms with E-state index in [2.05, 4.69) is 5.32 Å². The molecule has 25 heavy (non-hydrogen) atoms. The number of benzene rings is 2. The lowest BCUT2D eigenvalue weighted by Crippen LogP contribution is -2.14. The lowest BCUT2D eigenvalue weighted by Gasteiger charge is -2.07. The van der Waals surface area contributed by atoms with Crippen LogP contribution in [-0.4, -0.2) is 22.5 Å². The molecule has 130 valence electrons. The lowest BCUT2D eigenvalue weighted by molar-refractivity contribution is -0.387. The van der Waals surface area contributed by atoms with E-state index in [0.717, 1.165) is 29.8 Å². The monoisotopic (exact) mass is 359 g/mol. The third-order valence-electron chi connectivity index (χ3n) is 3.44. The van der Waals surface area contributed by atoms with Crippen molar-refractivity contribution in [3.8, 4) is 0 Å². The predicted molar refractivity (Wildman–Crippen MR) is 96.8 cm³/mol. The summed E-state index contributed by atoms with van der Waals surface area (Å²) in [6.07, 6.45) is 0.912. The number of carbonyl (C=O) groups is 2. The highest BCUT2D eigenvalue weighted by molar-refractivity contribution is 8.00. The van der Waals surface area contributed by atoms with Crippen LogP contribution < -0.4 is 11.1 Å². The Morgan fingerprint density at radius 3 is 2.44 bits per heavy atom. The summed E-state index contributed by atoms with van der Waals surface area (Å²) in [7, 11) is 0. The SMILES string of the molecule is CCc1ccc(NC(=O)CSc2ccc(C(N)=O)cc2[N+](=O)[O-])cc1. The number of nitro benzene ring substituents is 1. The van der Waals surface area contributed by atoms with Crippen LogP contribution in [0.1, 0.15) is 22.8 Å². The van der Waals surface area contributed by atoms with Gasteiger partial charge in [0.15, 0.2) is 0 Å². The molecule has 0 atom stereocenters. The van der Waals surface area contributed by atoms with Gasteiger partial charge in [0.2, 0.25) is 11.8 Å². The first-order valence-electron chi connectivity index (χ1n) is 7.50. The molecule has 0 saturated heterocycles. The number of thioether (sulfide) groups is 1. The molecular formula is C17H17N3O4S. The largest absolute Gasteiger partial charge is 0.366 e. The molecule has 3 N–H and O–H groups in total. The van der Waals surface area contributed by atoms with E-state index in [1.54, 1.807) is 0 Å². The second-order valence-corrected chi connectivity index (χ2v) is 6.21. The van der Waals surface area contributed by atoms with Gasteiger partial charge in [-0.1, -0.05) is 19.1 Å². The van der Waals surface area contributed by atoms with Crippen LogP contribution in [0.25, 0.3) is 0 Å². The Kier molecular flexibility index (Phi) is 6.13. The maximum atomic E-state index is 12.0. The summed E-state index contributed by atoms with van der Waals surface area (Å²) in [5.74, 6) is -1.01. The van der Waals surface area contributed by atoms with Gasteiger partial charge in [-0.05, 0) is 36.2 Å². The Morgan fingerprint density at radius 2 is 1.88 bits per heavy atom. The molecule has 0 aliphatic carbocycles. The van der Waals surface area contributed by atoms with Gasteiger partial charge >= 0.3 is 0 Å². The molecule has 0 spiro atoms. The molecule has 8 heteroatoms. The summed E-state index contributed by atoms with van der Waals surface area (Å²) in [6.45, 7) is 2.04. The van der Waals surface area contributed by atoms with Crippen LogP contribution in [0.15, 0.2) is 47.4 Å². The minimum Gasteiger partial charge on any atom is -0.366 e. The van der Waals surface area contributed by atoms with Crippen LogP contribution in [0.2, 0.25) is 0 Å². The lowest BCUT2D eigenvalue weighted by atomic mass is 10.1. The maximum absolute atomic E-state index is 12.0. The van der Waals surface area contributed by atoms with Gasteiger partial charge in [0, 0.05) is 17.3 Å². The number of hydrogen-bond acceptors (Lipinski definition) is 5. The Labute approximate surface area is 148 Å². The van der Waals surface area contributed by atoms with Crippen LogP contribution in [0.3, 0.4) is 0 Å². The molecule has 7 nitrogen and oxygen atoms in total. The van der Waals surface area contributed by atoms with Crippen molar-refractivity contribution in [1.29, 1.82) is 0 Å². The highest BCUT2D eigenvalue weighted by Crippen LogP contribution is 2.30. The highest BCUT2D eigenvalue weighted by Gasteiger charge is 2.18. The molecule has 0 radical (unpaired) electrons. The number of nitro groups is 1. The van der Waals surface area contributed by atoms with Crippen molar-refractivity contribution < 1.29 is 14.5 Å². The third kappa shape index (κ3) is 5.05. The second-order valence-electron chi connectivity index (χ2n) is 5.19. The van der Waals surface area contributed by atoms with Gasteiger partial charge in [-0.15, -0.1) is 11.8 Å². The summed E-state index contributed by atoms with van der Waals surface area (Å²) < 4.78 is 0. The minimum absolute atomic E-state index is 0.00624. The Bertz CT molecular complexity index is 806. The van der Waals surface area contributed by atoms with Gasteiger partial charge in [0.25, 0.3) is 5.69 Å². The van der Waals surface area contributed by atoms with Crippen molar-refractivity contribution in [1.82, 2.24) is 0 Å². The number of nitrogens with zero attached hydrogens (tertiary/aromatic N) is 1. The van der Waals surface area contributed by atoms with Crippen LogP contribution in [0.5, 0.6) is 0 Å². The van der Waals surface area contributed by atoms with Crippen molar-refractivity contribution in [2.45, 2.75) is 18.2 Å². The topological polar surface area (TPSA) is 115 Å². The van der Waals surface area contributed by atoms with E-state index in [-0.39, 0.29) is 22.9 Å². The first-order valence-corrected chi connectivity index (χ1v) is 8.49. The molecule has 0 bridgehead atoms. The fraction of sp³-hybridized carbons (Fsp3) is 0.176. The number of anilines is 1. The fourth-order valence-corrected chi connectivity index (χ4v) is 2.90. The normalized spacial score (nSPS) is 10.3. The fourth-order valence-electron chi connectivity index (χ4n) is 2.10. The smallest absolute Gasteiger partial charge is 0.283 e. The molecule has 2 amide bonds. The number of nitrogens with two attached hydrogens (primary N) is 1. The minimum atomic E-state index is -0.743. The van der Waals surface area contributed by atoms with Crippen molar-refractivity contribution in [2.75, 3.05) is 11.1 Å². The molecule has 0 saturated carbocycles. The van der Waals surface area contributed by atoms with Gasteiger partial charge in [-0.25, -0.2) is 0 Å². The molecule has 0 aliphatic heterocycles. The maximum Gasteiger partial charge on any atom is 0.283 e. The second kappa shape index (κ2) is 8.29. The number of primary amides is 1. The molecule has 2 rings (SSSR count). The molecule has 0 aromatic heterocycles. The van der Waals surface area contributed by atoms with Gasteiger partial charge in [0.1, 0.15) is 0 Å². The number of rotatable bonds is 7. The van der Waals surface area contributed by atoms with E-state index >= 15 is 0 Å². The number of carbonyl (C=O) groups excluding carboxylic acids is 2. The van der Waals surface area contributed by atoms with E-state index < -0.39 is 10.8 Å². The van der Waals surface area contributed by atoms with Crippen molar-refractivity contribution >= 4 is 35.0 Å². The summed E-state index contributed by atoms with van der Waals surface area (Å²) >= 11 is 1.02. The summed E-state index contributed by atoms with van der Waals surface area (Å²) in [6, 6.07) is 11.4. The van der Waals surface area contributed by atoms with E-state index in [0.29, 0.717) is 10.6 Å². The van der Waals surface area contributed by atoms with E-state index in [4.69, 9.17) is 5.73 Å². The van der Waals surface area contributed by atoms with E-state index in [1.807, 2.05) is 31.2 Å². The van der Waals surface area contributed by atoms with Crippen molar-refractivity contribution in [2.24, 2.45) is 5.73 Å². The number of hydrogen-bond donors (Lipinski definition) is 2. The van der Waals surface area contributed by atoms with Crippen LogP contribution in [-0.2, 0) is 11.2 Å². The number of nitrogens with one attached hydrogen (secondary N) is 1. The molecule has 0 fully saturated rings. The number of amides is 2. The van der Waals surface area contributed by atoms with Crippen molar-refractivity contribution in [3.63, 3.8) is 0 Å². The van der Waals surface area contributed by atoms with Gasteiger partial charge in [0.05, 0.1) is 15.6 Å². The average Bonchev–Trinajstić information content (AvgIpc) is 2.60. The molecule has 2 aromatic rings. The van der Waals surface area contributed by atoms with Crippen molar-refractivity contribution in [3.05, 3.63) is 63.7 Å². The van der Waals surface area contributed by atoms with Gasteiger partial charge < -0.3 is 11.1 Å². The van der Waals surface area contributed by atoms with Crippen LogP contribution in [0.4, 0.5) is 11.4 Å². The summed E-state index contributed by atoms with van der Waals surface area (Å²) in [5, 5.41) is 13.9. The van der Waals surface area contributed by atoms with Crippen LogP contribution in [0, 0.1) is 10.1 Å². The molecule has 2 aromatic carbocycles. The summed E-state index contributed by atoms with van der Waals surface area (Å²) in [5.41, 5.74) is 6.77.